The van der Waals surface area contributed by atoms with Crippen LogP contribution in [0, 0.1) is 0 Å². The standard InChI is InChI=1S/C19H16BrN3O2/c1-25-11-3-4-12-13-6-7-21-19(17(13)22-16(12)9-11)14-8-10(20)2-5-15(14)23-18(19)24/h2-5,8-9,21-22H,6-7H2,1H3,(H,23,24). The fourth-order valence-corrected chi connectivity index (χ4v) is 4.46. The van der Waals surface area contributed by atoms with Gasteiger partial charge in [-0.15, -0.1) is 0 Å². The fraction of sp³-hybridized carbons (Fsp3) is 0.211. The molecular weight excluding hydrogens is 382 g/mol. The summed E-state index contributed by atoms with van der Waals surface area (Å²) in [4.78, 5) is 16.5. The minimum absolute atomic E-state index is 0.0416. The van der Waals surface area contributed by atoms with E-state index in [1.165, 1.54) is 5.56 Å². The van der Waals surface area contributed by atoms with Gasteiger partial charge in [0.1, 0.15) is 5.75 Å². The number of H-pyrrole nitrogens is 1. The van der Waals surface area contributed by atoms with Crippen molar-refractivity contribution in [3.63, 3.8) is 0 Å². The van der Waals surface area contributed by atoms with Crippen LogP contribution in [0.3, 0.4) is 0 Å². The molecule has 1 amide bonds. The molecule has 5 nitrogen and oxygen atoms in total. The maximum atomic E-state index is 13.0. The van der Waals surface area contributed by atoms with E-state index in [0.717, 1.165) is 51.0 Å². The number of rotatable bonds is 1. The average Bonchev–Trinajstić information content (AvgIpc) is 3.12. The summed E-state index contributed by atoms with van der Waals surface area (Å²) in [7, 11) is 1.66. The van der Waals surface area contributed by atoms with Gasteiger partial charge in [-0.25, -0.2) is 0 Å². The zero-order valence-corrected chi connectivity index (χ0v) is 15.2. The first-order valence-electron chi connectivity index (χ1n) is 8.19. The fourth-order valence-electron chi connectivity index (χ4n) is 4.10. The topological polar surface area (TPSA) is 66.1 Å². The predicted molar refractivity (Wildman–Crippen MR) is 100 cm³/mol. The number of methoxy groups -OCH3 is 1. The highest BCUT2D eigenvalue weighted by molar-refractivity contribution is 9.10. The molecular formula is C19H16BrN3O2. The van der Waals surface area contributed by atoms with E-state index < -0.39 is 5.54 Å². The molecule has 0 fully saturated rings. The van der Waals surface area contributed by atoms with Crippen molar-refractivity contribution >= 4 is 38.4 Å². The number of halogens is 1. The molecule has 2 aromatic carbocycles. The molecule has 25 heavy (non-hydrogen) atoms. The van der Waals surface area contributed by atoms with Crippen molar-refractivity contribution < 1.29 is 9.53 Å². The first-order chi connectivity index (χ1) is 12.1. The first-order valence-corrected chi connectivity index (χ1v) is 8.98. The molecule has 0 saturated heterocycles. The van der Waals surface area contributed by atoms with Gasteiger partial charge in [0.2, 0.25) is 0 Å². The van der Waals surface area contributed by atoms with E-state index in [0.29, 0.717) is 0 Å². The number of fused-ring (bicyclic) bond motifs is 6. The number of amides is 1. The smallest absolute Gasteiger partial charge is 0.255 e. The molecule has 1 spiro atoms. The summed E-state index contributed by atoms with van der Waals surface area (Å²) in [6.45, 7) is 0.741. The van der Waals surface area contributed by atoms with E-state index in [2.05, 4.69) is 37.6 Å². The molecule has 1 aromatic heterocycles. The lowest BCUT2D eigenvalue weighted by Crippen LogP contribution is -2.53. The lowest BCUT2D eigenvalue weighted by atomic mass is 9.82. The van der Waals surface area contributed by atoms with Gasteiger partial charge in [-0.1, -0.05) is 15.9 Å². The molecule has 2 aliphatic rings. The van der Waals surface area contributed by atoms with Crippen molar-refractivity contribution in [2.24, 2.45) is 0 Å². The third-order valence-corrected chi connectivity index (χ3v) is 5.72. The number of carbonyl (C=O) groups is 1. The van der Waals surface area contributed by atoms with Crippen molar-refractivity contribution in [3.05, 3.63) is 57.7 Å². The molecule has 1 atom stereocenters. The van der Waals surface area contributed by atoms with Gasteiger partial charge in [0.25, 0.3) is 5.91 Å². The van der Waals surface area contributed by atoms with Gasteiger partial charge < -0.3 is 15.0 Å². The summed E-state index contributed by atoms with van der Waals surface area (Å²) in [5, 5.41) is 7.65. The molecule has 1 unspecified atom stereocenters. The van der Waals surface area contributed by atoms with Crippen LogP contribution in [0.2, 0.25) is 0 Å². The van der Waals surface area contributed by atoms with Crippen molar-refractivity contribution in [3.8, 4) is 5.75 Å². The summed E-state index contributed by atoms with van der Waals surface area (Å²) >= 11 is 3.53. The summed E-state index contributed by atoms with van der Waals surface area (Å²) < 4.78 is 6.30. The Morgan fingerprint density at radius 2 is 2.08 bits per heavy atom. The number of hydrogen-bond donors (Lipinski definition) is 3. The second kappa shape index (κ2) is 5.09. The Morgan fingerprint density at radius 3 is 2.92 bits per heavy atom. The van der Waals surface area contributed by atoms with Crippen LogP contribution < -0.4 is 15.4 Å². The summed E-state index contributed by atoms with van der Waals surface area (Å²) in [5.41, 5.74) is 4.04. The van der Waals surface area contributed by atoms with Crippen molar-refractivity contribution in [2.75, 3.05) is 19.0 Å². The summed E-state index contributed by atoms with van der Waals surface area (Å²) in [5.74, 6) is 0.757. The van der Waals surface area contributed by atoms with Crippen molar-refractivity contribution in [1.82, 2.24) is 10.3 Å². The number of nitrogens with one attached hydrogen (secondary N) is 3. The molecule has 126 valence electrons. The van der Waals surface area contributed by atoms with Gasteiger partial charge in [-0.05, 0) is 42.3 Å². The molecule has 3 heterocycles. The quantitative estimate of drug-likeness (QED) is 0.590. The summed E-state index contributed by atoms with van der Waals surface area (Å²) in [6, 6.07) is 11.9. The maximum absolute atomic E-state index is 13.0. The first kappa shape index (κ1) is 15.0. The Morgan fingerprint density at radius 1 is 1.20 bits per heavy atom. The van der Waals surface area contributed by atoms with Gasteiger partial charge in [0, 0.05) is 39.2 Å². The highest BCUT2D eigenvalue weighted by atomic mass is 79.9. The van der Waals surface area contributed by atoms with Crippen LogP contribution in [0.4, 0.5) is 5.69 Å². The lowest BCUT2D eigenvalue weighted by molar-refractivity contribution is -0.120. The van der Waals surface area contributed by atoms with Gasteiger partial charge >= 0.3 is 0 Å². The molecule has 6 heteroatoms. The zero-order chi connectivity index (χ0) is 17.2. The monoisotopic (exact) mass is 397 g/mol. The largest absolute Gasteiger partial charge is 0.497 e. The molecule has 0 saturated carbocycles. The van der Waals surface area contributed by atoms with Gasteiger partial charge in [-0.2, -0.15) is 0 Å². The number of benzene rings is 2. The molecule has 0 aliphatic carbocycles. The molecule has 0 bridgehead atoms. The number of carbonyl (C=O) groups excluding carboxylic acids is 1. The van der Waals surface area contributed by atoms with Crippen LogP contribution in [0.5, 0.6) is 5.75 Å². The highest BCUT2D eigenvalue weighted by Crippen LogP contribution is 2.46. The SMILES string of the molecule is COc1ccc2c3c([nH]c2c1)C1(NCC3)C(=O)Nc2ccc(Br)cc21. The normalized spacial score (nSPS) is 21.3. The Hall–Kier alpha value is -2.31. The van der Waals surface area contributed by atoms with Crippen molar-refractivity contribution in [2.45, 2.75) is 12.0 Å². The summed E-state index contributed by atoms with van der Waals surface area (Å²) in [6.07, 6.45) is 0.875. The maximum Gasteiger partial charge on any atom is 0.255 e. The van der Waals surface area contributed by atoms with E-state index in [4.69, 9.17) is 4.74 Å². The number of aromatic amines is 1. The zero-order valence-electron chi connectivity index (χ0n) is 13.6. The van der Waals surface area contributed by atoms with E-state index in [1.807, 2.05) is 30.3 Å². The van der Waals surface area contributed by atoms with Gasteiger partial charge in [-0.3, -0.25) is 10.1 Å². The van der Waals surface area contributed by atoms with E-state index in [-0.39, 0.29) is 5.91 Å². The predicted octanol–water partition coefficient (Wildman–Crippen LogP) is 3.28. The third-order valence-electron chi connectivity index (χ3n) is 5.23. The van der Waals surface area contributed by atoms with Crippen LogP contribution in [0.1, 0.15) is 16.8 Å². The Labute approximate surface area is 152 Å². The van der Waals surface area contributed by atoms with Gasteiger partial charge in [0.05, 0.1) is 12.8 Å². The minimum atomic E-state index is -0.876. The highest BCUT2D eigenvalue weighted by Gasteiger charge is 2.52. The van der Waals surface area contributed by atoms with E-state index in [1.54, 1.807) is 7.11 Å². The number of aromatic nitrogens is 1. The molecule has 5 rings (SSSR count). The van der Waals surface area contributed by atoms with Crippen LogP contribution >= 0.6 is 15.9 Å². The number of anilines is 1. The second-order valence-corrected chi connectivity index (χ2v) is 7.38. The van der Waals surface area contributed by atoms with E-state index in [9.17, 15) is 4.79 Å². The van der Waals surface area contributed by atoms with Crippen LogP contribution in [0.15, 0.2) is 40.9 Å². The Kier molecular flexibility index (Phi) is 3.05. The molecule has 0 radical (unpaired) electrons. The number of hydrogen-bond acceptors (Lipinski definition) is 3. The Bertz CT molecular complexity index is 1040. The average molecular weight is 398 g/mol. The van der Waals surface area contributed by atoms with E-state index >= 15 is 0 Å². The molecule has 3 N–H and O–H groups in total. The van der Waals surface area contributed by atoms with Gasteiger partial charge in [0.15, 0.2) is 5.54 Å². The van der Waals surface area contributed by atoms with Crippen LogP contribution in [-0.4, -0.2) is 24.5 Å². The molecule has 3 aromatic rings. The number of ether oxygens (including phenoxy) is 1. The second-order valence-electron chi connectivity index (χ2n) is 6.46. The minimum Gasteiger partial charge on any atom is -0.497 e. The van der Waals surface area contributed by atoms with Crippen LogP contribution in [-0.2, 0) is 16.8 Å². The van der Waals surface area contributed by atoms with Crippen LogP contribution in [0.25, 0.3) is 10.9 Å². The molecule has 2 aliphatic heterocycles. The lowest BCUT2D eigenvalue weighted by Gasteiger charge is -2.33. The third kappa shape index (κ3) is 1.89. The van der Waals surface area contributed by atoms with Crippen molar-refractivity contribution in [1.29, 1.82) is 0 Å². The Balaban J connectivity index is 1.82.